The molecule has 13 nitrogen and oxygen atoms in total. The highest BCUT2D eigenvalue weighted by Crippen LogP contribution is 2.42. The van der Waals surface area contributed by atoms with E-state index in [4.69, 9.17) is 11.6 Å². The number of hydrogen-bond donors (Lipinski definition) is 2. The highest BCUT2D eigenvalue weighted by Gasteiger charge is 2.62. The van der Waals surface area contributed by atoms with Crippen molar-refractivity contribution in [3.05, 3.63) is 87.8 Å². The van der Waals surface area contributed by atoms with Gasteiger partial charge in [-0.3, -0.25) is 9.59 Å². The van der Waals surface area contributed by atoms with Gasteiger partial charge in [-0.25, -0.2) is 14.3 Å². The summed E-state index contributed by atoms with van der Waals surface area (Å²) in [6.07, 6.45) is -8.37. The highest BCUT2D eigenvalue weighted by molar-refractivity contribution is 6.32. The first-order valence-electron chi connectivity index (χ1n) is 13.1. The fraction of sp³-hybridized carbons (Fsp3) is 0.231. The van der Waals surface area contributed by atoms with Crippen molar-refractivity contribution in [2.75, 3.05) is 12.4 Å². The molecule has 0 saturated heterocycles. The van der Waals surface area contributed by atoms with E-state index in [0.29, 0.717) is 4.80 Å². The molecule has 5 aromatic rings. The summed E-state index contributed by atoms with van der Waals surface area (Å²) in [6.45, 7) is 0.822. The summed E-state index contributed by atoms with van der Waals surface area (Å²) in [7, 11) is 1.28. The van der Waals surface area contributed by atoms with Crippen LogP contribution in [0.15, 0.2) is 48.8 Å². The zero-order valence-electron chi connectivity index (χ0n) is 24.1. The van der Waals surface area contributed by atoms with Crippen molar-refractivity contribution in [2.45, 2.75) is 31.7 Å². The normalized spacial score (nSPS) is 12.3. The molecule has 0 saturated carbocycles. The maximum absolute atomic E-state index is 13.7. The molecule has 4 aromatic heterocycles. The van der Waals surface area contributed by atoms with E-state index in [2.05, 4.69) is 41.2 Å². The maximum Gasteiger partial charge on any atom is 0.461 e. The summed E-state index contributed by atoms with van der Waals surface area (Å²) in [5, 5.41) is 21.7. The molecular weight excluding hydrogens is 686 g/mol. The number of rotatable bonds is 8. The average Bonchev–Trinajstić information content (AvgIpc) is 3.78. The number of amides is 2. The number of nitrogens with zero attached hydrogens (tertiary/aromatic N) is 9. The molecule has 1 aromatic carbocycles. The number of tetrazole rings is 1. The van der Waals surface area contributed by atoms with Crippen LogP contribution in [-0.4, -0.2) is 69.8 Å². The third-order valence-electron chi connectivity index (χ3n) is 6.50. The van der Waals surface area contributed by atoms with E-state index in [1.807, 2.05) is 0 Å². The lowest BCUT2D eigenvalue weighted by molar-refractivity contribution is -0.292. The maximum atomic E-state index is 13.7. The average molecular weight is 704 g/mol. The Morgan fingerprint density at radius 1 is 0.958 bits per heavy atom. The molecule has 5 rings (SSSR count). The topological polar surface area (TPSA) is 150 Å². The monoisotopic (exact) mass is 703 g/mol. The molecule has 48 heavy (non-hydrogen) atoms. The van der Waals surface area contributed by atoms with Gasteiger partial charge in [-0.2, -0.15) is 50.1 Å². The summed E-state index contributed by atoms with van der Waals surface area (Å²) in [5.74, 6) is -9.07. The number of alkyl halides is 8. The molecule has 2 N–H and O–H groups in total. The zero-order valence-corrected chi connectivity index (χ0v) is 24.8. The number of halogens is 9. The summed E-state index contributed by atoms with van der Waals surface area (Å²) < 4.78 is 107. The molecule has 0 aliphatic carbocycles. The van der Waals surface area contributed by atoms with Crippen molar-refractivity contribution in [3.8, 4) is 11.5 Å². The second-order valence-electron chi connectivity index (χ2n) is 9.82. The predicted molar refractivity (Wildman–Crippen MR) is 148 cm³/mol. The standard InChI is InChI=1S/C26H18ClF8N11O2/c1-12-8-14(44-7-5-18(41-44)25(30,31)32)10-15(21(47)36-2)19(12)38-22(48)17-9-13(40-46(17)20-16(27)4-3-6-37-20)11-45-42-23(39-43-45)24(28,29)26(33,34)35/h3-10H,11H2,1-2H3,(H,36,47)(H,38,48). The van der Waals surface area contributed by atoms with Crippen LogP contribution in [0.4, 0.5) is 40.8 Å². The third-order valence-corrected chi connectivity index (χ3v) is 6.79. The number of nitrogens with one attached hydrogen (secondary N) is 2. The minimum atomic E-state index is -5.99. The van der Waals surface area contributed by atoms with Crippen LogP contribution in [0.2, 0.25) is 5.02 Å². The van der Waals surface area contributed by atoms with E-state index < -0.39 is 48.2 Å². The van der Waals surface area contributed by atoms with Crippen molar-refractivity contribution in [2.24, 2.45) is 0 Å². The molecule has 0 aliphatic rings. The van der Waals surface area contributed by atoms with Gasteiger partial charge < -0.3 is 10.6 Å². The lowest BCUT2D eigenvalue weighted by atomic mass is 10.1. The Balaban J connectivity index is 1.53. The molecular formula is C26H18ClF8N11O2. The van der Waals surface area contributed by atoms with E-state index in [0.717, 1.165) is 27.7 Å². The molecule has 0 fully saturated rings. The van der Waals surface area contributed by atoms with Gasteiger partial charge in [0.1, 0.15) is 12.2 Å². The van der Waals surface area contributed by atoms with Crippen molar-refractivity contribution in [1.82, 2.24) is 50.1 Å². The van der Waals surface area contributed by atoms with Gasteiger partial charge in [-0.15, -0.1) is 10.2 Å². The minimum absolute atomic E-state index is 0.00350. The van der Waals surface area contributed by atoms with Gasteiger partial charge in [0.25, 0.3) is 17.6 Å². The Hall–Kier alpha value is -5.47. The van der Waals surface area contributed by atoms with Gasteiger partial charge in [-0.1, -0.05) is 11.6 Å². The minimum Gasteiger partial charge on any atom is -0.355 e. The Morgan fingerprint density at radius 3 is 2.31 bits per heavy atom. The Kier molecular flexibility index (Phi) is 8.67. The van der Waals surface area contributed by atoms with Gasteiger partial charge >= 0.3 is 18.3 Å². The first-order chi connectivity index (χ1) is 22.4. The van der Waals surface area contributed by atoms with Gasteiger partial charge in [-0.05, 0) is 54.1 Å². The Morgan fingerprint density at radius 2 is 1.69 bits per heavy atom. The van der Waals surface area contributed by atoms with E-state index in [1.54, 1.807) is 0 Å². The van der Waals surface area contributed by atoms with Crippen LogP contribution in [-0.2, 0) is 18.6 Å². The molecule has 0 unspecified atom stereocenters. The molecule has 0 spiro atoms. The Bertz CT molecular complexity index is 2020. The number of aromatic nitrogens is 9. The van der Waals surface area contributed by atoms with Crippen LogP contribution in [0.1, 0.15) is 43.6 Å². The van der Waals surface area contributed by atoms with Gasteiger partial charge in [0, 0.05) is 19.4 Å². The van der Waals surface area contributed by atoms with Gasteiger partial charge in [0.05, 0.1) is 27.7 Å². The molecule has 0 bridgehead atoms. The zero-order chi connectivity index (χ0) is 35.2. The van der Waals surface area contributed by atoms with Crippen molar-refractivity contribution >= 4 is 29.1 Å². The number of pyridine rings is 1. The quantitative estimate of drug-likeness (QED) is 0.220. The number of anilines is 1. The lowest BCUT2D eigenvalue weighted by Gasteiger charge is -2.16. The molecule has 4 heterocycles. The third kappa shape index (κ3) is 6.52. The SMILES string of the molecule is CNC(=O)c1cc(-n2ccc(C(F)(F)F)n2)cc(C)c1NC(=O)c1cc(Cn2nnc(C(F)(F)C(F)(F)F)n2)nn1-c1ncccc1Cl. The van der Waals surface area contributed by atoms with E-state index in [9.17, 15) is 44.7 Å². The number of hydrogen-bond acceptors (Lipinski definition) is 8. The van der Waals surface area contributed by atoms with Gasteiger partial charge in [0.15, 0.2) is 11.5 Å². The van der Waals surface area contributed by atoms with Crippen LogP contribution >= 0.6 is 11.6 Å². The second kappa shape index (κ2) is 12.3. The summed E-state index contributed by atoms with van der Waals surface area (Å²) in [6, 6.07) is 7.27. The lowest BCUT2D eigenvalue weighted by Crippen LogP contribution is -2.35. The Labute approximate surface area is 267 Å². The largest absolute Gasteiger partial charge is 0.461 e. The van der Waals surface area contributed by atoms with E-state index >= 15 is 0 Å². The second-order valence-corrected chi connectivity index (χ2v) is 10.2. The fourth-order valence-electron chi connectivity index (χ4n) is 4.25. The number of carbonyl (C=O) groups excluding carboxylic acids is 2. The number of carbonyl (C=O) groups is 2. The van der Waals surface area contributed by atoms with E-state index in [1.165, 1.54) is 44.4 Å². The van der Waals surface area contributed by atoms with Crippen LogP contribution in [0.5, 0.6) is 0 Å². The fourth-order valence-corrected chi connectivity index (χ4v) is 4.45. The van der Waals surface area contributed by atoms with E-state index in [-0.39, 0.29) is 44.7 Å². The molecule has 0 aliphatic heterocycles. The molecule has 22 heteroatoms. The smallest absolute Gasteiger partial charge is 0.355 e. The van der Waals surface area contributed by atoms with Crippen molar-refractivity contribution in [1.29, 1.82) is 0 Å². The number of benzene rings is 1. The summed E-state index contributed by atoms with van der Waals surface area (Å²) in [4.78, 5) is 31.1. The first kappa shape index (κ1) is 33.9. The van der Waals surface area contributed by atoms with Crippen LogP contribution in [0, 0.1) is 6.92 Å². The van der Waals surface area contributed by atoms with Crippen LogP contribution in [0.25, 0.3) is 11.5 Å². The first-order valence-corrected chi connectivity index (χ1v) is 13.5. The van der Waals surface area contributed by atoms with Crippen molar-refractivity contribution in [3.63, 3.8) is 0 Å². The summed E-state index contributed by atoms with van der Waals surface area (Å²) in [5.41, 5.74) is -1.58. The molecule has 0 radical (unpaired) electrons. The summed E-state index contributed by atoms with van der Waals surface area (Å²) >= 11 is 6.26. The highest BCUT2D eigenvalue weighted by atomic mass is 35.5. The van der Waals surface area contributed by atoms with Gasteiger partial charge in [0.2, 0.25) is 0 Å². The molecule has 2 amide bonds. The van der Waals surface area contributed by atoms with Crippen LogP contribution in [0.3, 0.4) is 0 Å². The predicted octanol–water partition coefficient (Wildman–Crippen LogP) is 4.73. The molecule has 0 atom stereocenters. The number of aryl methyl sites for hydroxylation is 1. The van der Waals surface area contributed by atoms with Crippen molar-refractivity contribution < 1.29 is 44.7 Å². The molecule has 252 valence electrons. The van der Waals surface area contributed by atoms with Crippen LogP contribution < -0.4 is 10.6 Å².